The summed E-state index contributed by atoms with van der Waals surface area (Å²) >= 11 is 3.36. The quantitative estimate of drug-likeness (QED) is 0.688. The van der Waals surface area contributed by atoms with E-state index in [2.05, 4.69) is 20.9 Å². The molecule has 0 saturated heterocycles. The van der Waals surface area contributed by atoms with Gasteiger partial charge in [0.05, 0.1) is 11.0 Å². The molecule has 90 valence electrons. The summed E-state index contributed by atoms with van der Waals surface area (Å²) in [6, 6.07) is 14.4. The lowest BCUT2D eigenvalue weighted by molar-refractivity contribution is 0.908. The first-order chi connectivity index (χ1) is 10.7. The molecule has 2 nitrogen and oxygen atoms in total. The van der Waals surface area contributed by atoms with Gasteiger partial charge >= 0.3 is 0 Å². The number of para-hydroxylation sites is 2. The zero-order valence-corrected chi connectivity index (χ0v) is 11.0. The van der Waals surface area contributed by atoms with Crippen molar-refractivity contribution in [3.63, 3.8) is 0 Å². The van der Waals surface area contributed by atoms with Gasteiger partial charge in [0, 0.05) is 23.4 Å². The molecular weight excluding hydrogens is 288 g/mol. The number of halogens is 1. The van der Waals surface area contributed by atoms with Gasteiger partial charge in [-0.3, -0.25) is 4.57 Å². The summed E-state index contributed by atoms with van der Waals surface area (Å²) in [6.45, 7) is -2.82. The lowest BCUT2D eigenvalue weighted by Gasteiger charge is -2.08. The van der Waals surface area contributed by atoms with Gasteiger partial charge in [-0.25, -0.2) is 4.98 Å². The lowest BCUT2D eigenvalue weighted by atomic mass is 10.2. The molecule has 0 bridgehead atoms. The van der Waals surface area contributed by atoms with Gasteiger partial charge in [-0.05, 0) is 36.4 Å². The molecule has 2 aromatic carbocycles. The van der Waals surface area contributed by atoms with Gasteiger partial charge in [0.15, 0.2) is 0 Å². The Morgan fingerprint density at radius 2 is 2.00 bits per heavy atom. The average Bonchev–Trinajstić information content (AvgIpc) is 2.87. The molecule has 0 saturated carbocycles. The highest BCUT2D eigenvalue weighted by Crippen LogP contribution is 2.23. The monoisotopic (exact) mass is 305 g/mol. The summed E-state index contributed by atoms with van der Waals surface area (Å²) in [7, 11) is 0. The summed E-state index contributed by atoms with van der Waals surface area (Å²) in [5.41, 5.74) is 1.88. The molecule has 0 spiro atoms. The van der Waals surface area contributed by atoms with Gasteiger partial charge in [-0.2, -0.15) is 0 Å². The van der Waals surface area contributed by atoms with Crippen molar-refractivity contribution >= 4 is 27.0 Å². The highest BCUT2D eigenvalue weighted by Gasteiger charge is 2.09. The van der Waals surface area contributed by atoms with Crippen molar-refractivity contribution in [3.05, 3.63) is 58.8 Å². The first-order valence-corrected chi connectivity index (χ1v) is 6.25. The minimum absolute atomic E-state index is 0.124. The van der Waals surface area contributed by atoms with E-state index in [1.54, 1.807) is 34.9 Å². The molecule has 18 heavy (non-hydrogen) atoms. The second-order valence-electron chi connectivity index (χ2n) is 3.86. The third-order valence-corrected chi connectivity index (χ3v) is 3.29. The molecule has 0 aliphatic carbocycles. The Labute approximate surface area is 121 Å². The molecule has 3 rings (SSSR count). The van der Waals surface area contributed by atoms with E-state index >= 15 is 0 Å². The number of imidazole rings is 1. The Balaban J connectivity index is 2.34. The number of hydrogen-bond acceptors (Lipinski definition) is 1. The summed E-state index contributed by atoms with van der Waals surface area (Å²) in [5.74, 6) is -0.124. The topological polar surface area (TPSA) is 17.8 Å². The van der Waals surface area contributed by atoms with Gasteiger partial charge in [-0.1, -0.05) is 34.9 Å². The molecular formula is C15H13BrN2. The van der Waals surface area contributed by atoms with E-state index in [4.69, 9.17) is 6.85 Å². The van der Waals surface area contributed by atoms with E-state index in [0.717, 1.165) is 4.47 Å². The molecule has 3 heteroatoms. The van der Waals surface area contributed by atoms with Crippen LogP contribution in [0.2, 0.25) is 0 Å². The largest absolute Gasteiger partial charge is 0.296 e. The standard InChI is InChI=1S/C15H13BrN2/c1-2-15-17-13-5-3-4-6-14(13)18(15)12-9-7-11(16)8-10-12/h3-10H,2H2,1H3/i1D3,2D2. The van der Waals surface area contributed by atoms with Gasteiger partial charge in [0.25, 0.3) is 0 Å². The van der Waals surface area contributed by atoms with Crippen LogP contribution in [0.5, 0.6) is 0 Å². The first-order valence-electron chi connectivity index (χ1n) is 7.96. The number of aromatic nitrogens is 2. The first kappa shape index (κ1) is 7.10. The van der Waals surface area contributed by atoms with E-state index in [1.807, 2.05) is 18.2 Å². The number of aryl methyl sites for hydroxylation is 1. The molecule has 0 aliphatic heterocycles. The van der Waals surface area contributed by atoms with Crippen LogP contribution in [0.3, 0.4) is 0 Å². The van der Waals surface area contributed by atoms with Gasteiger partial charge in [0.2, 0.25) is 0 Å². The average molecular weight is 306 g/mol. The summed E-state index contributed by atoms with van der Waals surface area (Å²) < 4.78 is 41.2. The van der Waals surface area contributed by atoms with Crippen LogP contribution < -0.4 is 0 Å². The van der Waals surface area contributed by atoms with Crippen molar-refractivity contribution in [1.82, 2.24) is 9.55 Å². The van der Waals surface area contributed by atoms with Crippen LogP contribution in [0.15, 0.2) is 53.0 Å². The highest BCUT2D eigenvalue weighted by atomic mass is 79.9. The van der Waals surface area contributed by atoms with E-state index < -0.39 is 13.2 Å². The van der Waals surface area contributed by atoms with Crippen LogP contribution in [-0.2, 0) is 6.37 Å². The fraction of sp³-hybridized carbons (Fsp3) is 0.133. The lowest BCUT2D eigenvalue weighted by Crippen LogP contribution is -1.99. The molecule has 0 aliphatic rings. The van der Waals surface area contributed by atoms with Crippen molar-refractivity contribution in [3.8, 4) is 5.69 Å². The third-order valence-electron chi connectivity index (χ3n) is 2.76. The molecule has 0 fully saturated rings. The Morgan fingerprint density at radius 1 is 1.22 bits per heavy atom. The summed E-state index contributed by atoms with van der Waals surface area (Å²) in [4.78, 5) is 4.27. The van der Waals surface area contributed by atoms with Crippen molar-refractivity contribution in [2.45, 2.75) is 13.2 Å². The molecule has 0 radical (unpaired) electrons. The van der Waals surface area contributed by atoms with E-state index in [1.165, 1.54) is 0 Å². The molecule has 1 heterocycles. The van der Waals surface area contributed by atoms with E-state index in [9.17, 15) is 0 Å². The Kier molecular flexibility index (Phi) is 1.80. The van der Waals surface area contributed by atoms with Gasteiger partial charge < -0.3 is 0 Å². The maximum absolute atomic E-state index is 8.10. The zero-order valence-electron chi connectivity index (χ0n) is 14.4. The van der Waals surface area contributed by atoms with Crippen molar-refractivity contribution in [1.29, 1.82) is 0 Å². The molecule has 0 amide bonds. The molecule has 0 atom stereocenters. The predicted molar refractivity (Wildman–Crippen MR) is 78.1 cm³/mol. The minimum Gasteiger partial charge on any atom is -0.296 e. The molecule has 1 aromatic heterocycles. The van der Waals surface area contributed by atoms with Crippen LogP contribution in [0.4, 0.5) is 0 Å². The van der Waals surface area contributed by atoms with Crippen LogP contribution >= 0.6 is 15.9 Å². The van der Waals surface area contributed by atoms with Gasteiger partial charge in [0.1, 0.15) is 5.82 Å². The second kappa shape index (κ2) is 4.58. The minimum atomic E-state index is -2.82. The van der Waals surface area contributed by atoms with Crippen LogP contribution in [-0.4, -0.2) is 9.55 Å². The van der Waals surface area contributed by atoms with E-state index in [0.29, 0.717) is 16.7 Å². The number of fused-ring (bicyclic) bond motifs is 1. The third kappa shape index (κ3) is 1.85. The Morgan fingerprint density at radius 3 is 2.78 bits per heavy atom. The molecule has 0 N–H and O–H groups in total. The number of nitrogens with zero attached hydrogens (tertiary/aromatic N) is 2. The Bertz CT molecular complexity index is 852. The van der Waals surface area contributed by atoms with E-state index in [-0.39, 0.29) is 5.82 Å². The molecule has 0 unspecified atom stereocenters. The van der Waals surface area contributed by atoms with Crippen LogP contribution in [0, 0.1) is 0 Å². The summed E-state index contributed by atoms with van der Waals surface area (Å²) in [6.07, 6.45) is -2.57. The smallest absolute Gasteiger partial charge is 0.114 e. The maximum atomic E-state index is 8.10. The number of rotatable bonds is 2. The number of hydrogen-bond donors (Lipinski definition) is 0. The Hall–Kier alpha value is -1.61. The number of benzene rings is 2. The second-order valence-corrected chi connectivity index (χ2v) is 4.78. The fourth-order valence-corrected chi connectivity index (χ4v) is 2.23. The zero-order chi connectivity index (χ0) is 16.8. The van der Waals surface area contributed by atoms with Gasteiger partial charge in [-0.15, -0.1) is 0 Å². The van der Waals surface area contributed by atoms with Crippen molar-refractivity contribution in [2.75, 3.05) is 0 Å². The predicted octanol–water partition coefficient (Wildman–Crippen LogP) is 4.35. The summed E-state index contributed by atoms with van der Waals surface area (Å²) in [5, 5.41) is 0. The normalized spacial score (nSPS) is 16.6. The van der Waals surface area contributed by atoms with Crippen molar-refractivity contribution in [2.24, 2.45) is 0 Å². The maximum Gasteiger partial charge on any atom is 0.114 e. The van der Waals surface area contributed by atoms with Crippen molar-refractivity contribution < 1.29 is 6.85 Å². The highest BCUT2D eigenvalue weighted by molar-refractivity contribution is 9.10. The fourth-order valence-electron chi connectivity index (χ4n) is 1.96. The van der Waals surface area contributed by atoms with Crippen LogP contribution in [0.1, 0.15) is 19.5 Å². The SMILES string of the molecule is [2H]C([2H])([2H])C([2H])([2H])c1nc2ccccc2n1-c1ccc(Br)cc1. The van der Waals surface area contributed by atoms with Crippen LogP contribution in [0.25, 0.3) is 16.7 Å². The molecule has 3 aromatic rings.